The summed E-state index contributed by atoms with van der Waals surface area (Å²) in [6.45, 7) is 1.34. The van der Waals surface area contributed by atoms with E-state index in [1.807, 2.05) is 0 Å². The van der Waals surface area contributed by atoms with Crippen molar-refractivity contribution in [2.75, 3.05) is 13.2 Å². The molecule has 2 heterocycles. The highest BCUT2D eigenvalue weighted by Crippen LogP contribution is 2.14. The van der Waals surface area contributed by atoms with E-state index in [1.54, 1.807) is 0 Å². The molecule has 2 aliphatic heterocycles. The molecule has 0 amide bonds. The Kier molecular flexibility index (Phi) is 6.18. The third-order valence-electron chi connectivity index (χ3n) is 2.59. The summed E-state index contributed by atoms with van der Waals surface area (Å²) in [5.41, 5.74) is 0. The smallest absolute Gasteiger partial charge is 0.178 e. The third-order valence-corrected chi connectivity index (χ3v) is 2.59. The summed E-state index contributed by atoms with van der Waals surface area (Å²) < 4.78 is 9.83. The van der Waals surface area contributed by atoms with Crippen LogP contribution in [0.1, 0.15) is 25.7 Å². The Morgan fingerprint density at radius 2 is 1.12 bits per heavy atom. The van der Waals surface area contributed by atoms with Gasteiger partial charge in [0.15, 0.2) is 12.6 Å². The van der Waals surface area contributed by atoms with Gasteiger partial charge in [-0.05, 0) is 25.7 Å². The molecule has 0 aliphatic carbocycles. The Morgan fingerprint density at radius 1 is 0.750 bits per heavy atom. The summed E-state index contributed by atoms with van der Waals surface area (Å²) in [6.07, 6.45) is 0.236. The standard InChI is InChI=1S/2C5H10O3/c2*6-5(7)4-2-1-3-8-4/h2*4-7H,1-3H2. The molecule has 0 bridgehead atoms. The molecule has 96 valence electrons. The van der Waals surface area contributed by atoms with Gasteiger partial charge in [0.1, 0.15) is 12.2 Å². The van der Waals surface area contributed by atoms with E-state index in [1.165, 1.54) is 0 Å². The van der Waals surface area contributed by atoms with Crippen LogP contribution in [0.5, 0.6) is 0 Å². The normalized spacial score (nSPS) is 29.6. The van der Waals surface area contributed by atoms with Crippen LogP contribution >= 0.6 is 0 Å². The van der Waals surface area contributed by atoms with Gasteiger partial charge in [0.05, 0.1) is 0 Å². The van der Waals surface area contributed by atoms with E-state index in [0.717, 1.165) is 25.7 Å². The molecular weight excluding hydrogens is 216 g/mol. The van der Waals surface area contributed by atoms with Gasteiger partial charge in [-0.2, -0.15) is 0 Å². The zero-order chi connectivity index (χ0) is 12.0. The number of aliphatic hydroxyl groups is 4. The fraction of sp³-hybridized carbons (Fsp3) is 1.00. The van der Waals surface area contributed by atoms with Gasteiger partial charge in [-0.25, -0.2) is 0 Å². The molecule has 0 radical (unpaired) electrons. The maximum Gasteiger partial charge on any atom is 0.178 e. The zero-order valence-electron chi connectivity index (χ0n) is 9.16. The van der Waals surface area contributed by atoms with Crippen molar-refractivity contribution in [3.05, 3.63) is 0 Å². The number of rotatable bonds is 2. The lowest BCUT2D eigenvalue weighted by Gasteiger charge is -2.09. The highest BCUT2D eigenvalue weighted by molar-refractivity contribution is 4.65. The summed E-state index contributed by atoms with van der Waals surface area (Å²) in [5.74, 6) is 0. The lowest BCUT2D eigenvalue weighted by Crippen LogP contribution is -2.23. The van der Waals surface area contributed by atoms with Crippen LogP contribution in [0.2, 0.25) is 0 Å². The number of ether oxygens (including phenoxy) is 2. The minimum Gasteiger partial charge on any atom is -0.373 e. The molecule has 6 heteroatoms. The monoisotopic (exact) mass is 236 g/mol. The second-order valence-corrected chi connectivity index (χ2v) is 3.93. The first-order valence-electron chi connectivity index (χ1n) is 5.56. The molecule has 2 unspecified atom stereocenters. The van der Waals surface area contributed by atoms with Crippen LogP contribution in [0.3, 0.4) is 0 Å². The quantitative estimate of drug-likeness (QED) is 0.457. The van der Waals surface area contributed by atoms with Crippen molar-refractivity contribution in [2.24, 2.45) is 0 Å². The first-order valence-corrected chi connectivity index (χ1v) is 5.56. The second kappa shape index (κ2) is 7.16. The van der Waals surface area contributed by atoms with E-state index < -0.39 is 12.6 Å². The van der Waals surface area contributed by atoms with Gasteiger partial charge in [-0.3, -0.25) is 0 Å². The van der Waals surface area contributed by atoms with Crippen LogP contribution in [0, 0.1) is 0 Å². The number of hydrogen-bond acceptors (Lipinski definition) is 6. The van der Waals surface area contributed by atoms with Gasteiger partial charge < -0.3 is 29.9 Å². The van der Waals surface area contributed by atoms with Crippen LogP contribution < -0.4 is 0 Å². The van der Waals surface area contributed by atoms with Crippen molar-refractivity contribution >= 4 is 0 Å². The SMILES string of the molecule is OC(O)C1CCCO1.OC(O)C1CCCO1. The fourth-order valence-electron chi connectivity index (χ4n) is 1.68. The summed E-state index contributed by atoms with van der Waals surface area (Å²) in [6, 6.07) is 0. The summed E-state index contributed by atoms with van der Waals surface area (Å²) in [7, 11) is 0. The minimum atomic E-state index is -1.28. The molecule has 2 atom stereocenters. The van der Waals surface area contributed by atoms with E-state index >= 15 is 0 Å². The maximum absolute atomic E-state index is 8.48. The molecule has 2 fully saturated rings. The van der Waals surface area contributed by atoms with E-state index in [-0.39, 0.29) is 12.2 Å². The largest absolute Gasteiger partial charge is 0.373 e. The van der Waals surface area contributed by atoms with E-state index in [0.29, 0.717) is 13.2 Å². The molecule has 0 aromatic carbocycles. The van der Waals surface area contributed by atoms with Crippen molar-refractivity contribution in [3.8, 4) is 0 Å². The lowest BCUT2D eigenvalue weighted by atomic mass is 10.2. The highest BCUT2D eigenvalue weighted by Gasteiger charge is 2.21. The van der Waals surface area contributed by atoms with Gasteiger partial charge in [0, 0.05) is 13.2 Å². The molecule has 2 aliphatic rings. The topological polar surface area (TPSA) is 99.4 Å². The highest BCUT2D eigenvalue weighted by atomic mass is 16.6. The van der Waals surface area contributed by atoms with Crippen molar-refractivity contribution in [1.82, 2.24) is 0 Å². The predicted molar refractivity (Wildman–Crippen MR) is 54.4 cm³/mol. The van der Waals surface area contributed by atoms with Crippen LogP contribution in [0.4, 0.5) is 0 Å². The average molecular weight is 236 g/mol. The van der Waals surface area contributed by atoms with Gasteiger partial charge in [-0.1, -0.05) is 0 Å². The number of aliphatic hydroxyl groups excluding tert-OH is 2. The Bertz CT molecular complexity index is 152. The predicted octanol–water partition coefficient (Wildman–Crippen LogP) is -1.05. The fourth-order valence-corrected chi connectivity index (χ4v) is 1.68. The zero-order valence-corrected chi connectivity index (χ0v) is 9.16. The lowest BCUT2D eigenvalue weighted by molar-refractivity contribution is -0.127. The van der Waals surface area contributed by atoms with Crippen molar-refractivity contribution in [2.45, 2.75) is 50.5 Å². The molecule has 4 N–H and O–H groups in total. The molecule has 16 heavy (non-hydrogen) atoms. The minimum absolute atomic E-state index is 0.324. The molecular formula is C10H20O6. The van der Waals surface area contributed by atoms with E-state index in [4.69, 9.17) is 29.9 Å². The van der Waals surface area contributed by atoms with Crippen LogP contribution in [-0.4, -0.2) is 58.4 Å². The molecule has 6 nitrogen and oxygen atoms in total. The van der Waals surface area contributed by atoms with Crippen molar-refractivity contribution < 1.29 is 29.9 Å². The molecule has 0 aromatic rings. The summed E-state index contributed by atoms with van der Waals surface area (Å²) in [4.78, 5) is 0. The Hall–Kier alpha value is -0.240. The van der Waals surface area contributed by atoms with Crippen LogP contribution in [0.15, 0.2) is 0 Å². The van der Waals surface area contributed by atoms with Gasteiger partial charge in [0.2, 0.25) is 0 Å². The maximum atomic E-state index is 8.48. The third kappa shape index (κ3) is 4.73. The molecule has 2 saturated heterocycles. The Morgan fingerprint density at radius 3 is 1.25 bits per heavy atom. The van der Waals surface area contributed by atoms with Crippen molar-refractivity contribution in [1.29, 1.82) is 0 Å². The summed E-state index contributed by atoms with van der Waals surface area (Å²) in [5, 5.41) is 33.9. The Balaban J connectivity index is 0.000000160. The average Bonchev–Trinajstić information content (AvgIpc) is 2.93. The second-order valence-electron chi connectivity index (χ2n) is 3.93. The molecule has 2 rings (SSSR count). The Labute approximate surface area is 94.4 Å². The van der Waals surface area contributed by atoms with Gasteiger partial charge in [-0.15, -0.1) is 0 Å². The molecule has 0 spiro atoms. The first-order chi connectivity index (χ1) is 7.61. The van der Waals surface area contributed by atoms with E-state index in [2.05, 4.69) is 0 Å². The van der Waals surface area contributed by atoms with Crippen LogP contribution in [0.25, 0.3) is 0 Å². The molecule has 0 aromatic heterocycles. The van der Waals surface area contributed by atoms with Crippen molar-refractivity contribution in [3.63, 3.8) is 0 Å². The van der Waals surface area contributed by atoms with Crippen LogP contribution in [-0.2, 0) is 9.47 Å². The molecule has 0 saturated carbocycles. The first kappa shape index (κ1) is 13.8. The summed E-state index contributed by atoms with van der Waals surface area (Å²) >= 11 is 0. The van der Waals surface area contributed by atoms with Gasteiger partial charge in [0.25, 0.3) is 0 Å². The van der Waals surface area contributed by atoms with E-state index in [9.17, 15) is 0 Å². The number of hydrogen-bond donors (Lipinski definition) is 4. The van der Waals surface area contributed by atoms with Gasteiger partial charge >= 0.3 is 0 Å².